The Labute approximate surface area is 108 Å². The lowest BCUT2D eigenvalue weighted by molar-refractivity contribution is 0.0255. The molecule has 4 heteroatoms. The second kappa shape index (κ2) is 6.50. The minimum absolute atomic E-state index is 0.237. The van der Waals surface area contributed by atoms with Gasteiger partial charge >= 0.3 is 0 Å². The Bertz CT molecular complexity index is 375. The van der Waals surface area contributed by atoms with Crippen molar-refractivity contribution in [2.24, 2.45) is 0 Å². The Morgan fingerprint density at radius 1 is 1.33 bits per heavy atom. The predicted octanol–water partition coefficient (Wildman–Crippen LogP) is 2.62. The zero-order valence-electron chi connectivity index (χ0n) is 10.9. The zero-order valence-corrected chi connectivity index (χ0v) is 10.9. The van der Waals surface area contributed by atoms with Gasteiger partial charge in [0.2, 0.25) is 0 Å². The second-order valence-corrected chi connectivity index (χ2v) is 4.48. The number of hydrogen-bond donors (Lipinski definition) is 1. The molecule has 18 heavy (non-hydrogen) atoms. The highest BCUT2D eigenvalue weighted by molar-refractivity contribution is 5.55. The Balaban J connectivity index is 1.99. The molecule has 1 saturated heterocycles. The van der Waals surface area contributed by atoms with Crippen molar-refractivity contribution < 1.29 is 14.2 Å². The molecule has 0 aromatic heterocycles. The molecular weight excluding hydrogens is 230 g/mol. The summed E-state index contributed by atoms with van der Waals surface area (Å²) in [6, 6.07) is 5.60. The molecule has 4 nitrogen and oxygen atoms in total. The van der Waals surface area contributed by atoms with Crippen LogP contribution in [0.3, 0.4) is 0 Å². The maximum absolute atomic E-state index is 5.92. The van der Waals surface area contributed by atoms with Gasteiger partial charge in [-0.25, -0.2) is 0 Å². The van der Waals surface area contributed by atoms with Crippen molar-refractivity contribution in [1.29, 1.82) is 0 Å². The molecule has 0 saturated carbocycles. The Morgan fingerprint density at radius 2 is 2.11 bits per heavy atom. The summed E-state index contributed by atoms with van der Waals surface area (Å²) in [5, 5.41) is 0. The number of nitrogens with two attached hydrogens (primary N) is 1. The van der Waals surface area contributed by atoms with Gasteiger partial charge < -0.3 is 19.9 Å². The quantitative estimate of drug-likeness (QED) is 0.817. The van der Waals surface area contributed by atoms with Gasteiger partial charge in [0, 0.05) is 18.9 Å². The van der Waals surface area contributed by atoms with E-state index in [1.165, 1.54) is 0 Å². The van der Waals surface area contributed by atoms with Crippen LogP contribution in [0.1, 0.15) is 26.2 Å². The topological polar surface area (TPSA) is 53.7 Å². The van der Waals surface area contributed by atoms with Gasteiger partial charge in [-0.15, -0.1) is 0 Å². The van der Waals surface area contributed by atoms with E-state index in [9.17, 15) is 0 Å². The third-order valence-corrected chi connectivity index (χ3v) is 2.92. The van der Waals surface area contributed by atoms with Gasteiger partial charge in [-0.3, -0.25) is 0 Å². The molecule has 1 heterocycles. The van der Waals surface area contributed by atoms with Gasteiger partial charge in [-0.2, -0.15) is 0 Å². The molecule has 0 spiro atoms. The lowest BCUT2D eigenvalue weighted by Crippen LogP contribution is -2.25. The summed E-state index contributed by atoms with van der Waals surface area (Å²) in [4.78, 5) is 0. The molecule has 1 aliphatic rings. The van der Waals surface area contributed by atoms with Crippen LogP contribution >= 0.6 is 0 Å². The fourth-order valence-corrected chi connectivity index (χ4v) is 1.91. The van der Waals surface area contributed by atoms with E-state index in [-0.39, 0.29) is 6.10 Å². The van der Waals surface area contributed by atoms with E-state index >= 15 is 0 Å². The van der Waals surface area contributed by atoms with Crippen molar-refractivity contribution in [1.82, 2.24) is 0 Å². The van der Waals surface area contributed by atoms with Crippen LogP contribution in [0.5, 0.6) is 11.5 Å². The van der Waals surface area contributed by atoms with Crippen molar-refractivity contribution in [3.63, 3.8) is 0 Å². The summed E-state index contributed by atoms with van der Waals surface area (Å²) in [5.74, 6) is 1.53. The summed E-state index contributed by atoms with van der Waals surface area (Å²) in [5.41, 5.74) is 6.52. The summed E-state index contributed by atoms with van der Waals surface area (Å²) in [6.45, 7) is 4.29. The Morgan fingerprint density at radius 3 is 2.83 bits per heavy atom. The van der Waals surface area contributed by atoms with Crippen LogP contribution in [0.2, 0.25) is 0 Å². The highest BCUT2D eigenvalue weighted by Crippen LogP contribution is 2.28. The van der Waals surface area contributed by atoms with E-state index in [4.69, 9.17) is 19.9 Å². The minimum Gasteiger partial charge on any atom is -0.491 e. The van der Waals surface area contributed by atoms with E-state index < -0.39 is 0 Å². The van der Waals surface area contributed by atoms with Crippen molar-refractivity contribution in [3.05, 3.63) is 18.2 Å². The molecule has 0 radical (unpaired) electrons. The maximum atomic E-state index is 5.92. The van der Waals surface area contributed by atoms with E-state index in [1.807, 2.05) is 18.2 Å². The molecular formula is C14H21NO3. The molecule has 1 fully saturated rings. The summed E-state index contributed by atoms with van der Waals surface area (Å²) >= 11 is 0. The van der Waals surface area contributed by atoms with Crippen molar-refractivity contribution in [2.45, 2.75) is 32.3 Å². The standard InChI is InChI=1S/C14H21NO3/c1-2-7-17-14-10-12(3-4-13(14)15)18-11-5-8-16-9-6-11/h3-4,10-11H,2,5-9,15H2,1H3. The fourth-order valence-electron chi connectivity index (χ4n) is 1.91. The van der Waals surface area contributed by atoms with Crippen LogP contribution in [0.25, 0.3) is 0 Å². The normalized spacial score (nSPS) is 16.5. The number of benzene rings is 1. The van der Waals surface area contributed by atoms with Gasteiger partial charge in [0.05, 0.1) is 25.5 Å². The molecule has 0 atom stereocenters. The van der Waals surface area contributed by atoms with Crippen molar-refractivity contribution >= 4 is 5.69 Å². The molecule has 0 unspecified atom stereocenters. The molecule has 1 aliphatic heterocycles. The van der Waals surface area contributed by atoms with Crippen molar-refractivity contribution in [2.75, 3.05) is 25.6 Å². The molecule has 1 aromatic rings. The first kappa shape index (κ1) is 13.0. The lowest BCUT2D eigenvalue weighted by Gasteiger charge is -2.23. The number of hydrogen-bond acceptors (Lipinski definition) is 4. The first-order valence-electron chi connectivity index (χ1n) is 6.56. The predicted molar refractivity (Wildman–Crippen MR) is 71.1 cm³/mol. The average Bonchev–Trinajstić information content (AvgIpc) is 2.40. The summed E-state index contributed by atoms with van der Waals surface area (Å²) in [6.07, 6.45) is 3.08. The first-order chi connectivity index (χ1) is 8.79. The molecule has 0 bridgehead atoms. The van der Waals surface area contributed by atoms with Crippen LogP contribution in [-0.4, -0.2) is 25.9 Å². The fraction of sp³-hybridized carbons (Fsp3) is 0.571. The second-order valence-electron chi connectivity index (χ2n) is 4.48. The van der Waals surface area contributed by atoms with Crippen LogP contribution in [0.4, 0.5) is 5.69 Å². The van der Waals surface area contributed by atoms with Crippen LogP contribution in [0.15, 0.2) is 18.2 Å². The highest BCUT2D eigenvalue weighted by atomic mass is 16.5. The molecule has 2 rings (SSSR count). The average molecular weight is 251 g/mol. The van der Waals surface area contributed by atoms with Crippen LogP contribution in [0, 0.1) is 0 Å². The molecule has 0 aliphatic carbocycles. The van der Waals surface area contributed by atoms with Gasteiger partial charge in [0.1, 0.15) is 17.6 Å². The molecule has 1 aromatic carbocycles. The lowest BCUT2D eigenvalue weighted by atomic mass is 10.1. The molecule has 2 N–H and O–H groups in total. The van der Waals surface area contributed by atoms with Gasteiger partial charge in [0.25, 0.3) is 0 Å². The Hall–Kier alpha value is -1.42. The van der Waals surface area contributed by atoms with E-state index in [1.54, 1.807) is 0 Å². The number of anilines is 1. The van der Waals surface area contributed by atoms with Crippen molar-refractivity contribution in [3.8, 4) is 11.5 Å². The summed E-state index contributed by atoms with van der Waals surface area (Å²) < 4.78 is 16.8. The van der Waals surface area contributed by atoms with Gasteiger partial charge in [-0.1, -0.05) is 6.92 Å². The number of ether oxygens (including phenoxy) is 3. The van der Waals surface area contributed by atoms with Crippen LogP contribution < -0.4 is 15.2 Å². The van der Waals surface area contributed by atoms with E-state index in [0.717, 1.165) is 38.2 Å². The van der Waals surface area contributed by atoms with Crippen LogP contribution in [-0.2, 0) is 4.74 Å². The third-order valence-electron chi connectivity index (χ3n) is 2.92. The molecule has 100 valence electrons. The van der Waals surface area contributed by atoms with Gasteiger partial charge in [0.15, 0.2) is 0 Å². The molecule has 0 amide bonds. The smallest absolute Gasteiger partial charge is 0.145 e. The van der Waals surface area contributed by atoms with E-state index in [2.05, 4.69) is 6.92 Å². The first-order valence-corrected chi connectivity index (χ1v) is 6.56. The van der Waals surface area contributed by atoms with E-state index in [0.29, 0.717) is 18.0 Å². The monoisotopic (exact) mass is 251 g/mol. The minimum atomic E-state index is 0.237. The maximum Gasteiger partial charge on any atom is 0.145 e. The zero-order chi connectivity index (χ0) is 12.8. The number of rotatable bonds is 5. The Kier molecular flexibility index (Phi) is 4.70. The van der Waals surface area contributed by atoms with Gasteiger partial charge in [-0.05, 0) is 18.6 Å². The highest BCUT2D eigenvalue weighted by Gasteiger charge is 2.15. The number of nitrogen functional groups attached to an aromatic ring is 1. The largest absolute Gasteiger partial charge is 0.491 e. The third kappa shape index (κ3) is 3.53. The summed E-state index contributed by atoms with van der Waals surface area (Å²) in [7, 11) is 0. The SMILES string of the molecule is CCCOc1cc(OC2CCOCC2)ccc1N.